The van der Waals surface area contributed by atoms with Crippen molar-refractivity contribution in [2.24, 2.45) is 0 Å². The van der Waals surface area contributed by atoms with Gasteiger partial charge in [-0.3, -0.25) is 4.31 Å². The van der Waals surface area contributed by atoms with Gasteiger partial charge in [-0.2, -0.15) is 0 Å². The molecule has 2 aromatic rings. The highest BCUT2D eigenvalue weighted by atomic mass is 32.2. The van der Waals surface area contributed by atoms with E-state index in [4.69, 9.17) is 9.47 Å². The minimum absolute atomic E-state index is 0.264. The van der Waals surface area contributed by atoms with Crippen molar-refractivity contribution in [3.8, 4) is 11.5 Å². The molecular weight excluding hydrogens is 314 g/mol. The molecule has 0 saturated carbocycles. The standard InChI is InChI=1S/C17H21NO4S/c1-5-18(14-8-11-16(21-3)17(12-14)22-4)23(19,20)15-9-6-13(2)7-10-15/h6-12H,5H2,1-4H3. The first-order valence-electron chi connectivity index (χ1n) is 7.25. The number of ether oxygens (including phenoxy) is 2. The van der Waals surface area contributed by atoms with Crippen LogP contribution in [-0.2, 0) is 10.0 Å². The smallest absolute Gasteiger partial charge is 0.264 e. The highest BCUT2D eigenvalue weighted by molar-refractivity contribution is 7.92. The molecule has 6 heteroatoms. The molecule has 0 aliphatic heterocycles. The molecular formula is C17H21NO4S. The molecule has 5 nitrogen and oxygen atoms in total. The Balaban J connectivity index is 2.48. The lowest BCUT2D eigenvalue weighted by Gasteiger charge is -2.24. The molecule has 124 valence electrons. The Kier molecular flexibility index (Phi) is 5.15. The molecule has 0 fully saturated rings. The average molecular weight is 335 g/mol. The summed E-state index contributed by atoms with van der Waals surface area (Å²) in [5.41, 5.74) is 1.55. The summed E-state index contributed by atoms with van der Waals surface area (Å²) in [5, 5.41) is 0. The average Bonchev–Trinajstić information content (AvgIpc) is 2.55. The number of hydrogen-bond donors (Lipinski definition) is 0. The molecule has 0 N–H and O–H groups in total. The van der Waals surface area contributed by atoms with Gasteiger partial charge in [-0.15, -0.1) is 0 Å². The summed E-state index contributed by atoms with van der Waals surface area (Å²) in [4.78, 5) is 0.264. The van der Waals surface area contributed by atoms with Crippen LogP contribution in [0.1, 0.15) is 12.5 Å². The quantitative estimate of drug-likeness (QED) is 0.813. The van der Waals surface area contributed by atoms with Crippen LogP contribution in [0, 0.1) is 6.92 Å². The fraction of sp³-hybridized carbons (Fsp3) is 0.294. The normalized spacial score (nSPS) is 11.1. The highest BCUT2D eigenvalue weighted by Crippen LogP contribution is 2.33. The van der Waals surface area contributed by atoms with Crippen LogP contribution in [0.2, 0.25) is 0 Å². The number of methoxy groups -OCH3 is 2. The Hall–Kier alpha value is -2.21. The van der Waals surface area contributed by atoms with Crippen molar-refractivity contribution in [3.05, 3.63) is 48.0 Å². The van der Waals surface area contributed by atoms with E-state index in [2.05, 4.69) is 0 Å². The highest BCUT2D eigenvalue weighted by Gasteiger charge is 2.24. The van der Waals surface area contributed by atoms with E-state index in [-0.39, 0.29) is 4.90 Å². The zero-order chi connectivity index (χ0) is 17.0. The monoisotopic (exact) mass is 335 g/mol. The third kappa shape index (κ3) is 3.42. The van der Waals surface area contributed by atoms with Crippen molar-refractivity contribution < 1.29 is 17.9 Å². The largest absolute Gasteiger partial charge is 0.493 e. The van der Waals surface area contributed by atoms with Gasteiger partial charge in [0.1, 0.15) is 0 Å². The van der Waals surface area contributed by atoms with Gasteiger partial charge in [0.05, 0.1) is 24.8 Å². The van der Waals surface area contributed by atoms with Gasteiger partial charge in [-0.1, -0.05) is 17.7 Å². The fourth-order valence-electron chi connectivity index (χ4n) is 2.31. The fourth-order valence-corrected chi connectivity index (χ4v) is 3.77. The van der Waals surface area contributed by atoms with Crippen LogP contribution in [-0.4, -0.2) is 29.2 Å². The lowest BCUT2D eigenvalue weighted by molar-refractivity contribution is 0.355. The van der Waals surface area contributed by atoms with Crippen LogP contribution in [0.5, 0.6) is 11.5 Å². The molecule has 0 spiro atoms. The van der Waals surface area contributed by atoms with Crippen molar-refractivity contribution in [3.63, 3.8) is 0 Å². The van der Waals surface area contributed by atoms with Crippen LogP contribution in [0.25, 0.3) is 0 Å². The number of aryl methyl sites for hydroxylation is 1. The molecule has 0 bridgehead atoms. The molecule has 0 aliphatic carbocycles. The van der Waals surface area contributed by atoms with Gasteiger partial charge >= 0.3 is 0 Å². The van der Waals surface area contributed by atoms with Crippen molar-refractivity contribution in [1.29, 1.82) is 0 Å². The molecule has 0 unspecified atom stereocenters. The molecule has 0 radical (unpaired) electrons. The summed E-state index contributed by atoms with van der Waals surface area (Å²) in [5.74, 6) is 1.04. The van der Waals surface area contributed by atoms with Gasteiger partial charge < -0.3 is 9.47 Å². The van der Waals surface area contributed by atoms with Gasteiger partial charge in [0, 0.05) is 12.6 Å². The van der Waals surface area contributed by atoms with E-state index in [1.165, 1.54) is 18.5 Å². The van der Waals surface area contributed by atoms with E-state index in [0.717, 1.165) is 5.56 Å². The number of nitrogens with zero attached hydrogens (tertiary/aromatic N) is 1. The SMILES string of the molecule is CCN(c1ccc(OC)c(OC)c1)S(=O)(=O)c1ccc(C)cc1. The summed E-state index contributed by atoms with van der Waals surface area (Å²) < 4.78 is 37.6. The van der Waals surface area contributed by atoms with E-state index in [0.29, 0.717) is 23.7 Å². The minimum atomic E-state index is -3.63. The van der Waals surface area contributed by atoms with Crippen molar-refractivity contribution in [2.75, 3.05) is 25.1 Å². The number of benzene rings is 2. The van der Waals surface area contributed by atoms with Crippen molar-refractivity contribution >= 4 is 15.7 Å². The number of sulfonamides is 1. The second kappa shape index (κ2) is 6.91. The van der Waals surface area contributed by atoms with Crippen LogP contribution in [0.4, 0.5) is 5.69 Å². The summed E-state index contributed by atoms with van der Waals surface area (Å²) in [6.07, 6.45) is 0. The molecule has 0 aliphatic rings. The first-order valence-corrected chi connectivity index (χ1v) is 8.69. The summed E-state index contributed by atoms with van der Waals surface area (Å²) >= 11 is 0. The second-order valence-corrected chi connectivity index (χ2v) is 6.88. The van der Waals surface area contributed by atoms with Crippen molar-refractivity contribution in [2.45, 2.75) is 18.7 Å². The maximum absolute atomic E-state index is 12.9. The molecule has 0 amide bonds. The molecule has 23 heavy (non-hydrogen) atoms. The zero-order valence-corrected chi connectivity index (χ0v) is 14.6. The topological polar surface area (TPSA) is 55.8 Å². The van der Waals surface area contributed by atoms with E-state index < -0.39 is 10.0 Å². The maximum atomic E-state index is 12.9. The lowest BCUT2D eigenvalue weighted by Crippen LogP contribution is -2.30. The Morgan fingerprint density at radius 2 is 1.57 bits per heavy atom. The van der Waals surface area contributed by atoms with Gasteiger partial charge in [0.15, 0.2) is 11.5 Å². The van der Waals surface area contributed by atoms with E-state index in [9.17, 15) is 8.42 Å². The lowest BCUT2D eigenvalue weighted by atomic mass is 10.2. The summed E-state index contributed by atoms with van der Waals surface area (Å²) in [6.45, 7) is 4.02. The van der Waals surface area contributed by atoms with Gasteiger partial charge in [0.2, 0.25) is 0 Å². The van der Waals surface area contributed by atoms with Gasteiger partial charge in [0.25, 0.3) is 10.0 Å². The maximum Gasteiger partial charge on any atom is 0.264 e. The Morgan fingerprint density at radius 1 is 0.957 bits per heavy atom. The predicted molar refractivity (Wildman–Crippen MR) is 90.9 cm³/mol. The third-order valence-corrected chi connectivity index (χ3v) is 5.47. The van der Waals surface area contributed by atoms with Crippen LogP contribution < -0.4 is 13.8 Å². The Labute approximate surface area is 137 Å². The minimum Gasteiger partial charge on any atom is -0.493 e. The molecule has 0 heterocycles. The molecule has 2 rings (SSSR count). The molecule has 0 aromatic heterocycles. The van der Waals surface area contributed by atoms with Gasteiger partial charge in [-0.25, -0.2) is 8.42 Å². The number of rotatable bonds is 6. The predicted octanol–water partition coefficient (Wildman–Crippen LogP) is 3.23. The Morgan fingerprint density at radius 3 is 2.09 bits per heavy atom. The Bertz CT molecular complexity index is 770. The van der Waals surface area contributed by atoms with E-state index >= 15 is 0 Å². The molecule has 0 atom stereocenters. The summed E-state index contributed by atoms with van der Waals surface area (Å²) in [6, 6.07) is 11.9. The van der Waals surface area contributed by atoms with Gasteiger partial charge in [-0.05, 0) is 38.1 Å². The number of hydrogen-bond acceptors (Lipinski definition) is 4. The van der Waals surface area contributed by atoms with Crippen LogP contribution >= 0.6 is 0 Å². The molecule has 0 saturated heterocycles. The van der Waals surface area contributed by atoms with E-state index in [1.54, 1.807) is 49.4 Å². The van der Waals surface area contributed by atoms with Crippen molar-refractivity contribution in [1.82, 2.24) is 0 Å². The van der Waals surface area contributed by atoms with E-state index in [1.807, 2.05) is 6.92 Å². The first kappa shape index (κ1) is 17.1. The summed E-state index contributed by atoms with van der Waals surface area (Å²) in [7, 11) is -0.568. The first-order chi connectivity index (χ1) is 10.9. The third-order valence-electron chi connectivity index (χ3n) is 3.55. The van der Waals surface area contributed by atoms with Crippen LogP contribution in [0.15, 0.2) is 47.4 Å². The zero-order valence-electron chi connectivity index (χ0n) is 13.7. The van der Waals surface area contributed by atoms with Crippen LogP contribution in [0.3, 0.4) is 0 Å². The number of anilines is 1. The second-order valence-electron chi connectivity index (χ2n) is 5.02. The molecule has 2 aromatic carbocycles.